The predicted octanol–water partition coefficient (Wildman–Crippen LogP) is 6.20. The Balaban J connectivity index is 2.12. The number of unbranched alkanes of at least 4 members (excludes halogenated alkanes) is 1. The Kier molecular flexibility index (Phi) is 9.83. The van der Waals surface area contributed by atoms with Crippen molar-refractivity contribution in [3.8, 4) is 5.75 Å². The topological polar surface area (TPSA) is 108 Å². The first-order valence-corrected chi connectivity index (χ1v) is 11.2. The number of hydroxylamine groups is 1. The molecule has 0 heterocycles. The zero-order valence-corrected chi connectivity index (χ0v) is 20.3. The van der Waals surface area contributed by atoms with E-state index in [0.717, 1.165) is 4.47 Å². The molecule has 4 N–H and O–H groups in total. The minimum absolute atomic E-state index is 0.0187. The molecule has 160 valence electrons. The van der Waals surface area contributed by atoms with E-state index < -0.39 is 18.1 Å². The smallest absolute Gasteiger partial charge is 0.412 e. The molecule has 2 aromatic rings. The van der Waals surface area contributed by atoms with Crippen molar-refractivity contribution in [1.29, 1.82) is 0 Å². The summed E-state index contributed by atoms with van der Waals surface area (Å²) < 4.78 is 7.66. The highest BCUT2D eigenvalue weighted by Crippen LogP contribution is 2.38. The second-order valence-electron chi connectivity index (χ2n) is 6.16. The van der Waals surface area contributed by atoms with Crippen LogP contribution in [0.25, 0.3) is 0 Å². The Bertz CT molecular complexity index is 919. The number of carbonyl (C=O) groups is 2. The van der Waals surface area contributed by atoms with Gasteiger partial charge in [0.15, 0.2) is 0 Å². The molecule has 0 bridgehead atoms. The minimum atomic E-state index is -0.727. The molecule has 2 rings (SSSR count). The molecule has 1 atom stereocenters. The zero-order valence-electron chi connectivity index (χ0n) is 15.6. The van der Waals surface area contributed by atoms with Crippen LogP contribution in [0.3, 0.4) is 0 Å². The van der Waals surface area contributed by atoms with Gasteiger partial charge in [-0.15, -0.1) is 0 Å². The predicted molar refractivity (Wildman–Crippen MR) is 123 cm³/mol. The quantitative estimate of drug-likeness (QED) is 0.124. The second kappa shape index (κ2) is 12.1. The molecule has 0 aliphatic carbocycles. The van der Waals surface area contributed by atoms with E-state index in [1.165, 1.54) is 11.6 Å². The Morgan fingerprint density at radius 3 is 2.47 bits per heavy atom. The van der Waals surface area contributed by atoms with Gasteiger partial charge in [-0.25, -0.2) is 10.3 Å². The minimum Gasteiger partial charge on any atom is -0.506 e. The van der Waals surface area contributed by atoms with Crippen LogP contribution in [-0.2, 0) is 9.53 Å². The highest BCUT2D eigenvalue weighted by atomic mass is 79.9. The van der Waals surface area contributed by atoms with E-state index in [1.54, 1.807) is 42.5 Å². The summed E-state index contributed by atoms with van der Waals surface area (Å²) in [5, 5.41) is 21.6. The molecule has 2 aromatic carbocycles. The number of rotatable bonds is 8. The monoisotopic (exact) mass is 604 g/mol. The van der Waals surface area contributed by atoms with Crippen molar-refractivity contribution in [3.63, 3.8) is 0 Å². The summed E-state index contributed by atoms with van der Waals surface area (Å²) in [6.07, 6.45) is 2.90. The third kappa shape index (κ3) is 7.75. The van der Waals surface area contributed by atoms with Crippen LogP contribution in [0, 0.1) is 0 Å². The fourth-order valence-electron chi connectivity index (χ4n) is 2.57. The number of phenolic OH excluding ortho intramolecular Hbond substituents is 1. The van der Waals surface area contributed by atoms with Gasteiger partial charge in [-0.3, -0.25) is 15.3 Å². The summed E-state index contributed by atoms with van der Waals surface area (Å²) in [5.41, 5.74) is 2.53. The second-order valence-corrected chi connectivity index (χ2v) is 8.85. The lowest BCUT2D eigenvalue weighted by molar-refractivity contribution is -0.124. The van der Waals surface area contributed by atoms with Gasteiger partial charge in [0.1, 0.15) is 11.9 Å². The highest BCUT2D eigenvalue weighted by Gasteiger charge is 2.22. The largest absolute Gasteiger partial charge is 0.506 e. The van der Waals surface area contributed by atoms with Crippen molar-refractivity contribution in [2.75, 3.05) is 5.32 Å². The standard InChI is InChI=1S/C20H19Br3N2O5/c21-12-6-8-14(9-7-12)24-20(28)30-17(4-2-1-3-5-18(26)25-29)15-10-13(22)11-16(23)19(15)27/h3,5-11,17,27,29H,1-2,4H2,(H,24,28)(H,25,26)/b5-3+/t17-/m0/s1. The van der Waals surface area contributed by atoms with Gasteiger partial charge in [-0.05, 0) is 71.6 Å². The van der Waals surface area contributed by atoms with Crippen LogP contribution in [0.4, 0.5) is 10.5 Å². The van der Waals surface area contributed by atoms with Crippen molar-refractivity contribution in [1.82, 2.24) is 5.48 Å². The molecule has 0 aliphatic rings. The van der Waals surface area contributed by atoms with Crippen LogP contribution < -0.4 is 10.8 Å². The van der Waals surface area contributed by atoms with E-state index >= 15 is 0 Å². The van der Waals surface area contributed by atoms with Crippen molar-refractivity contribution in [3.05, 3.63) is 67.5 Å². The average Bonchev–Trinajstić information content (AvgIpc) is 2.71. The highest BCUT2D eigenvalue weighted by molar-refractivity contribution is 9.11. The maximum atomic E-state index is 12.4. The molecule has 2 amide bonds. The van der Waals surface area contributed by atoms with Gasteiger partial charge in [0.05, 0.1) is 4.47 Å². The lowest BCUT2D eigenvalue weighted by Crippen LogP contribution is -2.18. The molecule has 30 heavy (non-hydrogen) atoms. The van der Waals surface area contributed by atoms with Crippen LogP contribution in [-0.4, -0.2) is 22.3 Å². The van der Waals surface area contributed by atoms with Gasteiger partial charge in [0.2, 0.25) is 0 Å². The van der Waals surface area contributed by atoms with Crippen LogP contribution in [0.1, 0.15) is 30.9 Å². The lowest BCUT2D eigenvalue weighted by Gasteiger charge is -2.20. The third-order valence-corrected chi connectivity index (χ3v) is 5.55. The SMILES string of the molecule is O=C(/C=C/CCC[C@H](OC(=O)Nc1ccc(Br)cc1)c1cc(Br)cc(Br)c1O)NO. The number of nitrogens with one attached hydrogen (secondary N) is 2. The number of benzene rings is 2. The molecule has 0 saturated heterocycles. The van der Waals surface area contributed by atoms with Gasteiger partial charge in [0, 0.05) is 26.3 Å². The molecule has 0 fully saturated rings. The van der Waals surface area contributed by atoms with Crippen molar-refractivity contribution in [2.24, 2.45) is 0 Å². The summed E-state index contributed by atoms with van der Waals surface area (Å²) in [6, 6.07) is 10.4. The van der Waals surface area contributed by atoms with E-state index in [0.29, 0.717) is 39.5 Å². The van der Waals surface area contributed by atoms with Crippen LogP contribution in [0.2, 0.25) is 0 Å². The number of hydrogen-bond donors (Lipinski definition) is 4. The number of phenols is 1. The average molecular weight is 607 g/mol. The van der Waals surface area contributed by atoms with Crippen molar-refractivity contribution < 1.29 is 24.6 Å². The van der Waals surface area contributed by atoms with Gasteiger partial charge < -0.3 is 9.84 Å². The Morgan fingerprint density at radius 1 is 1.10 bits per heavy atom. The number of ether oxygens (including phenoxy) is 1. The summed E-state index contributed by atoms with van der Waals surface area (Å²) in [6.45, 7) is 0. The maximum Gasteiger partial charge on any atom is 0.412 e. The van der Waals surface area contributed by atoms with E-state index in [4.69, 9.17) is 9.94 Å². The number of carbonyl (C=O) groups excluding carboxylic acids is 2. The number of aromatic hydroxyl groups is 1. The molecular weight excluding hydrogens is 588 g/mol. The molecule has 7 nitrogen and oxygen atoms in total. The Hall–Kier alpha value is -1.88. The fourth-order valence-corrected chi connectivity index (χ4v) is 4.09. The summed E-state index contributed by atoms with van der Waals surface area (Å²) in [4.78, 5) is 23.5. The molecule has 10 heteroatoms. The summed E-state index contributed by atoms with van der Waals surface area (Å²) in [7, 11) is 0. The number of allylic oxidation sites excluding steroid dienone is 1. The first kappa shape index (κ1) is 24.4. The Labute approximate surface area is 198 Å². The number of amides is 2. The molecule has 0 spiro atoms. The lowest BCUT2D eigenvalue weighted by atomic mass is 10.0. The maximum absolute atomic E-state index is 12.4. The van der Waals surface area contributed by atoms with E-state index in [9.17, 15) is 14.7 Å². The fraction of sp³-hybridized carbons (Fsp3) is 0.200. The number of hydrogen-bond acceptors (Lipinski definition) is 5. The normalized spacial score (nSPS) is 11.9. The summed E-state index contributed by atoms with van der Waals surface area (Å²) >= 11 is 10.0. The van der Waals surface area contributed by atoms with Gasteiger partial charge in [0.25, 0.3) is 5.91 Å². The molecule has 0 aromatic heterocycles. The Morgan fingerprint density at radius 2 is 1.80 bits per heavy atom. The molecule has 0 aliphatic heterocycles. The zero-order chi connectivity index (χ0) is 22.1. The number of halogens is 3. The number of anilines is 1. The van der Waals surface area contributed by atoms with Crippen LogP contribution in [0.15, 0.2) is 62.0 Å². The van der Waals surface area contributed by atoms with E-state index in [-0.39, 0.29) is 5.75 Å². The molecule has 0 radical (unpaired) electrons. The summed E-state index contributed by atoms with van der Waals surface area (Å²) in [5.74, 6) is -0.639. The van der Waals surface area contributed by atoms with Crippen molar-refractivity contribution >= 4 is 65.5 Å². The molecule has 0 saturated carbocycles. The first-order chi connectivity index (χ1) is 14.3. The van der Waals surface area contributed by atoms with Gasteiger partial charge in [-0.1, -0.05) is 37.9 Å². The first-order valence-electron chi connectivity index (χ1n) is 8.82. The van der Waals surface area contributed by atoms with Crippen LogP contribution in [0.5, 0.6) is 5.75 Å². The molecular formula is C20H19Br3N2O5. The molecule has 0 unspecified atom stereocenters. The third-order valence-electron chi connectivity index (χ3n) is 3.96. The van der Waals surface area contributed by atoms with Crippen molar-refractivity contribution in [2.45, 2.75) is 25.4 Å². The van der Waals surface area contributed by atoms with Crippen LogP contribution >= 0.6 is 47.8 Å². The van der Waals surface area contributed by atoms with E-state index in [1.807, 2.05) is 0 Å². The van der Waals surface area contributed by atoms with E-state index in [2.05, 4.69) is 53.1 Å². The van der Waals surface area contributed by atoms with Gasteiger partial charge in [-0.2, -0.15) is 0 Å². The van der Waals surface area contributed by atoms with Gasteiger partial charge >= 0.3 is 6.09 Å².